The predicted octanol–water partition coefficient (Wildman–Crippen LogP) is 1.43. The van der Waals surface area contributed by atoms with Crippen LogP contribution in [0.5, 0.6) is 5.75 Å². The number of rotatable bonds is 6. The smallest absolute Gasteiger partial charge is 0.326 e. The average Bonchev–Trinajstić information content (AvgIpc) is 2.50. The first-order chi connectivity index (χ1) is 10.1. The summed E-state index contributed by atoms with van der Waals surface area (Å²) in [5.74, 6) is -0.303. The Morgan fingerprint density at radius 3 is 3.05 bits per heavy atom. The fraction of sp³-hybridized carbons (Fsp3) is 0.429. The van der Waals surface area contributed by atoms with Crippen LogP contribution in [0.1, 0.15) is 16.8 Å². The molecule has 1 aromatic rings. The van der Waals surface area contributed by atoms with Crippen LogP contribution in [0, 0.1) is 0 Å². The summed E-state index contributed by atoms with van der Waals surface area (Å²) in [4.78, 5) is 23.5. The second-order valence-electron chi connectivity index (χ2n) is 4.60. The summed E-state index contributed by atoms with van der Waals surface area (Å²) in [6, 6.07) is 4.31. The van der Waals surface area contributed by atoms with Crippen LogP contribution in [0.2, 0.25) is 0 Å². The molecule has 0 spiro atoms. The second-order valence-corrected chi connectivity index (χ2v) is 5.59. The molecule has 2 rings (SSSR count). The lowest BCUT2D eigenvalue weighted by molar-refractivity contribution is -0.139. The van der Waals surface area contributed by atoms with Gasteiger partial charge < -0.3 is 20.5 Å². The van der Waals surface area contributed by atoms with Crippen molar-refractivity contribution in [1.29, 1.82) is 0 Å². The number of benzene rings is 1. The van der Waals surface area contributed by atoms with Gasteiger partial charge in [0.15, 0.2) is 5.75 Å². The third-order valence-corrected chi connectivity index (χ3v) is 3.78. The highest BCUT2D eigenvalue weighted by molar-refractivity contribution is 7.98. The summed E-state index contributed by atoms with van der Waals surface area (Å²) >= 11 is 1.54. The van der Waals surface area contributed by atoms with Crippen LogP contribution in [0.3, 0.4) is 0 Å². The number of hydrogen-bond acceptors (Lipinski definition) is 5. The van der Waals surface area contributed by atoms with E-state index < -0.39 is 17.9 Å². The summed E-state index contributed by atoms with van der Waals surface area (Å²) in [5, 5.41) is 14.9. The molecule has 114 valence electrons. The van der Waals surface area contributed by atoms with Crippen LogP contribution < -0.4 is 15.4 Å². The molecule has 1 atom stereocenters. The van der Waals surface area contributed by atoms with E-state index in [-0.39, 0.29) is 0 Å². The minimum atomic E-state index is -1.03. The topological polar surface area (TPSA) is 87.7 Å². The van der Waals surface area contributed by atoms with Gasteiger partial charge in [-0.15, -0.1) is 0 Å². The number of amides is 1. The summed E-state index contributed by atoms with van der Waals surface area (Å²) in [7, 11) is 0. The van der Waals surface area contributed by atoms with E-state index in [9.17, 15) is 9.59 Å². The van der Waals surface area contributed by atoms with E-state index in [0.717, 1.165) is 5.69 Å². The van der Waals surface area contributed by atoms with E-state index in [4.69, 9.17) is 9.84 Å². The van der Waals surface area contributed by atoms with E-state index in [1.807, 2.05) is 12.3 Å². The molecular formula is C14H18N2O4S. The fourth-order valence-corrected chi connectivity index (χ4v) is 2.55. The zero-order valence-corrected chi connectivity index (χ0v) is 12.5. The number of aliphatic carboxylic acids is 1. The predicted molar refractivity (Wildman–Crippen MR) is 82.3 cm³/mol. The van der Waals surface area contributed by atoms with Crippen molar-refractivity contribution in [3.05, 3.63) is 23.8 Å². The van der Waals surface area contributed by atoms with Gasteiger partial charge in [-0.25, -0.2) is 4.79 Å². The van der Waals surface area contributed by atoms with Crippen molar-refractivity contribution in [1.82, 2.24) is 5.32 Å². The zero-order chi connectivity index (χ0) is 15.2. The van der Waals surface area contributed by atoms with Gasteiger partial charge in [0.25, 0.3) is 5.91 Å². The van der Waals surface area contributed by atoms with Crippen LogP contribution >= 0.6 is 11.8 Å². The molecule has 21 heavy (non-hydrogen) atoms. The van der Waals surface area contributed by atoms with Crippen LogP contribution in [0.4, 0.5) is 5.69 Å². The third-order valence-electron chi connectivity index (χ3n) is 3.14. The van der Waals surface area contributed by atoms with Crippen LogP contribution in [-0.4, -0.2) is 48.2 Å². The normalized spacial score (nSPS) is 14.3. The monoisotopic (exact) mass is 310 g/mol. The molecule has 1 aliphatic heterocycles. The Kier molecular flexibility index (Phi) is 5.32. The number of carboxylic acid groups (broad SMARTS) is 1. The molecule has 1 heterocycles. The SMILES string of the molecule is CSCC[C@@H](NC(=O)c1cccc2c1OCCN2)C(=O)O. The number of hydrogen-bond donors (Lipinski definition) is 3. The fourth-order valence-electron chi connectivity index (χ4n) is 2.08. The largest absolute Gasteiger partial charge is 0.489 e. The summed E-state index contributed by atoms with van der Waals surface area (Å²) in [6.07, 6.45) is 2.28. The van der Waals surface area contributed by atoms with E-state index >= 15 is 0 Å². The molecule has 1 amide bonds. The lowest BCUT2D eigenvalue weighted by Gasteiger charge is -2.22. The van der Waals surface area contributed by atoms with Crippen molar-refractivity contribution in [2.45, 2.75) is 12.5 Å². The van der Waals surface area contributed by atoms with E-state index in [1.54, 1.807) is 23.9 Å². The average molecular weight is 310 g/mol. The third kappa shape index (κ3) is 3.81. The van der Waals surface area contributed by atoms with Crippen LogP contribution in [0.25, 0.3) is 0 Å². The lowest BCUT2D eigenvalue weighted by atomic mass is 10.1. The Morgan fingerprint density at radius 2 is 2.33 bits per heavy atom. The molecule has 0 aliphatic carbocycles. The van der Waals surface area contributed by atoms with E-state index in [0.29, 0.717) is 36.6 Å². The quantitative estimate of drug-likeness (QED) is 0.737. The molecule has 1 aromatic carbocycles. The maximum Gasteiger partial charge on any atom is 0.326 e. The Hall–Kier alpha value is -1.89. The number of nitrogens with one attached hydrogen (secondary N) is 2. The summed E-state index contributed by atoms with van der Waals surface area (Å²) < 4.78 is 5.52. The maximum absolute atomic E-state index is 12.3. The highest BCUT2D eigenvalue weighted by Gasteiger charge is 2.24. The first kappa shape index (κ1) is 15.5. The van der Waals surface area contributed by atoms with Gasteiger partial charge in [-0.1, -0.05) is 6.07 Å². The molecule has 7 heteroatoms. The summed E-state index contributed by atoms with van der Waals surface area (Å²) in [6.45, 7) is 1.16. The van der Waals surface area contributed by atoms with Crippen molar-refractivity contribution in [2.24, 2.45) is 0 Å². The Labute approximate surface area is 127 Å². The molecule has 6 nitrogen and oxygen atoms in total. The molecule has 0 saturated heterocycles. The van der Waals surface area contributed by atoms with Crippen LogP contribution in [0.15, 0.2) is 18.2 Å². The van der Waals surface area contributed by atoms with Gasteiger partial charge in [0.2, 0.25) is 0 Å². The number of carbonyl (C=O) groups excluding carboxylic acids is 1. The van der Waals surface area contributed by atoms with Gasteiger partial charge in [-0.2, -0.15) is 11.8 Å². The van der Waals surface area contributed by atoms with Crippen molar-refractivity contribution < 1.29 is 19.4 Å². The molecule has 0 fully saturated rings. The van der Waals surface area contributed by atoms with Gasteiger partial charge in [0.1, 0.15) is 12.6 Å². The lowest BCUT2D eigenvalue weighted by Crippen LogP contribution is -2.41. The van der Waals surface area contributed by atoms with E-state index in [2.05, 4.69) is 10.6 Å². The number of thioether (sulfide) groups is 1. The first-order valence-corrected chi connectivity index (χ1v) is 8.05. The van der Waals surface area contributed by atoms with Gasteiger partial charge in [0.05, 0.1) is 11.3 Å². The maximum atomic E-state index is 12.3. The van der Waals surface area contributed by atoms with Gasteiger partial charge in [-0.3, -0.25) is 4.79 Å². The molecule has 0 radical (unpaired) electrons. The van der Waals surface area contributed by atoms with Gasteiger partial charge in [0, 0.05) is 6.54 Å². The standard InChI is InChI=1S/C14H18N2O4S/c1-21-8-5-11(14(18)19)16-13(17)9-3-2-4-10-12(9)20-7-6-15-10/h2-4,11,15H,5-8H2,1H3,(H,16,17)(H,18,19)/t11-/m1/s1. The summed E-state index contributed by atoms with van der Waals surface area (Å²) in [5.41, 5.74) is 1.11. The van der Waals surface area contributed by atoms with Crippen molar-refractivity contribution >= 4 is 29.3 Å². The van der Waals surface area contributed by atoms with Crippen molar-refractivity contribution in [3.8, 4) is 5.75 Å². The molecule has 3 N–H and O–H groups in total. The van der Waals surface area contributed by atoms with Gasteiger partial charge >= 0.3 is 5.97 Å². The second kappa shape index (κ2) is 7.21. The number of carbonyl (C=O) groups is 2. The molecule has 0 bridgehead atoms. The minimum absolute atomic E-state index is 0.357. The zero-order valence-electron chi connectivity index (χ0n) is 11.7. The Balaban J connectivity index is 2.14. The molecule has 1 aliphatic rings. The Morgan fingerprint density at radius 1 is 1.52 bits per heavy atom. The Bertz CT molecular complexity index is 536. The molecular weight excluding hydrogens is 292 g/mol. The van der Waals surface area contributed by atoms with Crippen molar-refractivity contribution in [2.75, 3.05) is 30.5 Å². The molecule has 0 unspecified atom stereocenters. The van der Waals surface area contributed by atoms with Crippen LogP contribution in [-0.2, 0) is 4.79 Å². The highest BCUT2D eigenvalue weighted by atomic mass is 32.2. The highest BCUT2D eigenvalue weighted by Crippen LogP contribution is 2.31. The van der Waals surface area contributed by atoms with E-state index in [1.165, 1.54) is 0 Å². The van der Waals surface area contributed by atoms with Crippen molar-refractivity contribution in [3.63, 3.8) is 0 Å². The number of carboxylic acids is 1. The number of fused-ring (bicyclic) bond motifs is 1. The number of anilines is 1. The minimum Gasteiger partial charge on any atom is -0.489 e. The molecule has 0 saturated carbocycles. The number of ether oxygens (including phenoxy) is 1. The first-order valence-electron chi connectivity index (χ1n) is 6.65. The van der Waals surface area contributed by atoms with Gasteiger partial charge in [-0.05, 0) is 30.6 Å². The number of para-hydroxylation sites is 1. The molecule has 0 aromatic heterocycles.